The third-order valence-corrected chi connectivity index (χ3v) is 4.01. The number of piperazine rings is 1. The first-order chi connectivity index (χ1) is 9.72. The monoisotopic (exact) mass is 356 g/mol. The van der Waals surface area contributed by atoms with Crippen molar-refractivity contribution in [2.75, 3.05) is 26.2 Å². The van der Waals surface area contributed by atoms with Gasteiger partial charge in [0.05, 0.1) is 17.1 Å². The maximum Gasteiger partial charge on any atom is 0.259 e. The van der Waals surface area contributed by atoms with Gasteiger partial charge in [0.2, 0.25) is 0 Å². The summed E-state index contributed by atoms with van der Waals surface area (Å²) in [6.07, 6.45) is 0. The fourth-order valence-corrected chi connectivity index (χ4v) is 2.91. The fraction of sp³-hybridized carbons (Fsp3) is 0.385. The molecule has 3 rings (SSSR count). The zero-order chi connectivity index (χ0) is 13.9. The summed E-state index contributed by atoms with van der Waals surface area (Å²) in [4.78, 5) is 6.73. The molecule has 0 bridgehead atoms. The van der Waals surface area contributed by atoms with Crippen molar-refractivity contribution in [1.29, 1.82) is 0 Å². The Bertz CT molecular complexity index is 598. The first-order valence-electron chi connectivity index (χ1n) is 6.43. The van der Waals surface area contributed by atoms with E-state index in [0.717, 1.165) is 36.2 Å². The van der Waals surface area contributed by atoms with E-state index in [2.05, 4.69) is 36.3 Å². The Labute approximate surface area is 130 Å². The van der Waals surface area contributed by atoms with Crippen LogP contribution in [0.4, 0.5) is 0 Å². The van der Waals surface area contributed by atoms with Crippen LogP contribution in [0.2, 0.25) is 5.02 Å². The molecule has 2 aromatic rings. The van der Waals surface area contributed by atoms with Crippen molar-refractivity contribution in [3.05, 3.63) is 33.5 Å². The van der Waals surface area contributed by atoms with E-state index in [4.69, 9.17) is 16.1 Å². The molecular formula is C13H14BrClN4O. The molecule has 5 nitrogen and oxygen atoms in total. The summed E-state index contributed by atoms with van der Waals surface area (Å²) in [6.45, 7) is 4.72. The van der Waals surface area contributed by atoms with Crippen molar-refractivity contribution in [3.8, 4) is 11.5 Å². The van der Waals surface area contributed by atoms with Crippen molar-refractivity contribution in [2.45, 2.75) is 6.54 Å². The number of hydrogen-bond donors (Lipinski definition) is 1. The minimum Gasteiger partial charge on any atom is -0.334 e. The topological polar surface area (TPSA) is 54.2 Å². The van der Waals surface area contributed by atoms with Gasteiger partial charge in [-0.05, 0) is 18.2 Å². The molecule has 1 aromatic carbocycles. The van der Waals surface area contributed by atoms with Gasteiger partial charge in [0.15, 0.2) is 5.82 Å². The summed E-state index contributed by atoms with van der Waals surface area (Å²) in [5.74, 6) is 1.16. The van der Waals surface area contributed by atoms with Crippen LogP contribution in [0.5, 0.6) is 0 Å². The molecular weight excluding hydrogens is 344 g/mol. The molecule has 20 heavy (non-hydrogen) atoms. The van der Waals surface area contributed by atoms with Crippen LogP contribution in [-0.4, -0.2) is 41.2 Å². The molecule has 0 spiro atoms. The van der Waals surface area contributed by atoms with E-state index >= 15 is 0 Å². The third kappa shape index (κ3) is 3.20. The molecule has 1 aliphatic heterocycles. The average molecular weight is 358 g/mol. The van der Waals surface area contributed by atoms with Crippen molar-refractivity contribution in [2.24, 2.45) is 0 Å². The van der Waals surface area contributed by atoms with E-state index in [9.17, 15) is 0 Å². The molecule has 0 amide bonds. The molecule has 7 heteroatoms. The number of benzene rings is 1. The van der Waals surface area contributed by atoms with Crippen molar-refractivity contribution in [3.63, 3.8) is 0 Å². The van der Waals surface area contributed by atoms with Gasteiger partial charge < -0.3 is 9.84 Å². The molecule has 1 saturated heterocycles. The maximum atomic E-state index is 6.19. The summed E-state index contributed by atoms with van der Waals surface area (Å²) < 4.78 is 6.23. The van der Waals surface area contributed by atoms with E-state index in [-0.39, 0.29) is 0 Å². The summed E-state index contributed by atoms with van der Waals surface area (Å²) in [6, 6.07) is 5.59. The summed E-state index contributed by atoms with van der Waals surface area (Å²) in [7, 11) is 0. The van der Waals surface area contributed by atoms with Crippen LogP contribution in [0.3, 0.4) is 0 Å². The van der Waals surface area contributed by atoms with E-state index < -0.39 is 0 Å². The van der Waals surface area contributed by atoms with Crippen LogP contribution in [0.25, 0.3) is 11.5 Å². The smallest absolute Gasteiger partial charge is 0.259 e. The summed E-state index contributed by atoms with van der Waals surface area (Å²) in [5.41, 5.74) is 0.758. The second-order valence-electron chi connectivity index (χ2n) is 4.67. The van der Waals surface area contributed by atoms with Crippen LogP contribution in [0.15, 0.2) is 27.2 Å². The molecule has 1 aliphatic rings. The number of rotatable bonds is 3. The zero-order valence-corrected chi connectivity index (χ0v) is 13.1. The van der Waals surface area contributed by atoms with Gasteiger partial charge in [-0.2, -0.15) is 4.98 Å². The Morgan fingerprint density at radius 3 is 2.90 bits per heavy atom. The van der Waals surface area contributed by atoms with Crippen LogP contribution in [0, 0.1) is 0 Å². The van der Waals surface area contributed by atoms with Crippen LogP contribution in [-0.2, 0) is 6.54 Å². The number of nitrogens with one attached hydrogen (secondary N) is 1. The zero-order valence-electron chi connectivity index (χ0n) is 10.8. The molecule has 1 N–H and O–H groups in total. The van der Waals surface area contributed by atoms with E-state index in [1.165, 1.54) is 0 Å². The lowest BCUT2D eigenvalue weighted by Crippen LogP contribution is -2.43. The highest BCUT2D eigenvalue weighted by Gasteiger charge is 2.16. The number of aromatic nitrogens is 2. The third-order valence-electron chi connectivity index (χ3n) is 3.20. The minimum atomic E-state index is 0.465. The van der Waals surface area contributed by atoms with Crippen LogP contribution in [0.1, 0.15) is 5.82 Å². The van der Waals surface area contributed by atoms with Crippen molar-refractivity contribution < 1.29 is 4.52 Å². The molecule has 1 fully saturated rings. The van der Waals surface area contributed by atoms with E-state index in [1.807, 2.05) is 18.2 Å². The highest BCUT2D eigenvalue weighted by atomic mass is 79.9. The molecule has 2 heterocycles. The fourth-order valence-electron chi connectivity index (χ4n) is 2.16. The van der Waals surface area contributed by atoms with Crippen LogP contribution < -0.4 is 5.32 Å². The van der Waals surface area contributed by atoms with Gasteiger partial charge in [0.25, 0.3) is 5.89 Å². The number of halogens is 2. The predicted octanol–water partition coefficient (Wildman–Crippen LogP) is 2.56. The van der Waals surface area contributed by atoms with Gasteiger partial charge in [0, 0.05) is 30.7 Å². The van der Waals surface area contributed by atoms with Crippen LogP contribution >= 0.6 is 27.5 Å². The Balaban J connectivity index is 1.75. The Hall–Kier alpha value is -0.950. The van der Waals surface area contributed by atoms with Gasteiger partial charge in [0.1, 0.15) is 0 Å². The first-order valence-corrected chi connectivity index (χ1v) is 7.60. The predicted molar refractivity (Wildman–Crippen MR) is 80.6 cm³/mol. The quantitative estimate of drug-likeness (QED) is 0.915. The molecule has 0 unspecified atom stereocenters. The molecule has 106 valence electrons. The molecule has 0 saturated carbocycles. The number of hydrogen-bond acceptors (Lipinski definition) is 5. The first kappa shape index (κ1) is 14.0. The average Bonchev–Trinajstić information content (AvgIpc) is 2.88. The molecule has 0 radical (unpaired) electrons. The van der Waals surface area contributed by atoms with Crippen molar-refractivity contribution in [1.82, 2.24) is 20.4 Å². The standard InChI is InChI=1S/C13H14BrClN4O/c14-9-1-2-10(11(15)7-9)13-17-12(18-20-13)8-19-5-3-16-4-6-19/h1-2,7,16H,3-6,8H2. The Morgan fingerprint density at radius 2 is 2.15 bits per heavy atom. The second-order valence-corrected chi connectivity index (χ2v) is 5.99. The lowest BCUT2D eigenvalue weighted by atomic mass is 10.2. The Morgan fingerprint density at radius 1 is 1.35 bits per heavy atom. The lowest BCUT2D eigenvalue weighted by molar-refractivity contribution is 0.225. The SMILES string of the molecule is Clc1cc(Br)ccc1-c1nc(CN2CCNCC2)no1. The molecule has 0 aliphatic carbocycles. The normalized spacial score (nSPS) is 16.5. The van der Waals surface area contributed by atoms with E-state index in [1.54, 1.807) is 0 Å². The largest absolute Gasteiger partial charge is 0.334 e. The number of nitrogens with zero attached hydrogens (tertiary/aromatic N) is 3. The van der Waals surface area contributed by atoms with Gasteiger partial charge in [-0.25, -0.2) is 0 Å². The van der Waals surface area contributed by atoms with E-state index in [0.29, 0.717) is 23.3 Å². The minimum absolute atomic E-state index is 0.465. The highest BCUT2D eigenvalue weighted by Crippen LogP contribution is 2.29. The summed E-state index contributed by atoms with van der Waals surface area (Å²) >= 11 is 9.56. The molecule has 0 atom stereocenters. The van der Waals surface area contributed by atoms with Gasteiger partial charge >= 0.3 is 0 Å². The van der Waals surface area contributed by atoms with Gasteiger partial charge in [-0.15, -0.1) is 0 Å². The van der Waals surface area contributed by atoms with Gasteiger partial charge in [-0.1, -0.05) is 32.7 Å². The lowest BCUT2D eigenvalue weighted by Gasteiger charge is -2.25. The highest BCUT2D eigenvalue weighted by molar-refractivity contribution is 9.10. The Kier molecular flexibility index (Phi) is 4.35. The second kappa shape index (κ2) is 6.22. The molecule has 1 aromatic heterocycles. The summed E-state index contributed by atoms with van der Waals surface area (Å²) in [5, 5.41) is 7.94. The maximum absolute atomic E-state index is 6.19. The van der Waals surface area contributed by atoms with Gasteiger partial charge in [-0.3, -0.25) is 4.90 Å². The van der Waals surface area contributed by atoms with Crippen molar-refractivity contribution >= 4 is 27.5 Å².